The van der Waals surface area contributed by atoms with Crippen LogP contribution >= 0.6 is 0 Å². The number of nitrogens with zero attached hydrogens (tertiary/aromatic N) is 2. The average Bonchev–Trinajstić information content (AvgIpc) is 1.51. The molecule has 2 heteroatoms. The first-order chi connectivity index (χ1) is 47.6. The molecule has 4 aliphatic carbocycles. The van der Waals surface area contributed by atoms with Crippen LogP contribution in [0, 0.1) is 0 Å². The Bertz CT molecular complexity index is 5360. The van der Waals surface area contributed by atoms with Crippen molar-refractivity contribution in [3.8, 4) is 77.9 Å². The summed E-state index contributed by atoms with van der Waals surface area (Å²) < 4.78 is 0. The van der Waals surface area contributed by atoms with E-state index in [1.807, 2.05) is 0 Å². The molecule has 0 saturated heterocycles. The zero-order valence-electron chi connectivity index (χ0n) is 52.5. The summed E-state index contributed by atoms with van der Waals surface area (Å²) in [6.45, 7) is 0. The number of benzene rings is 16. The Morgan fingerprint density at radius 2 is 0.385 bits per heavy atom. The maximum atomic E-state index is 2.55. The monoisotopic (exact) mass is 1220 g/mol. The zero-order chi connectivity index (χ0) is 63.1. The molecule has 20 rings (SSSR count). The van der Waals surface area contributed by atoms with Crippen LogP contribution in [0.3, 0.4) is 0 Å². The molecule has 16 aromatic carbocycles. The molecule has 0 bridgehead atoms. The number of anilines is 6. The number of hydrogen-bond acceptors (Lipinski definition) is 2. The predicted molar refractivity (Wildman–Crippen MR) is 400 cm³/mol. The molecule has 0 heterocycles. The lowest BCUT2D eigenvalue weighted by molar-refractivity contribution is 0.794. The number of hydrogen-bond donors (Lipinski definition) is 0. The fourth-order valence-corrected chi connectivity index (χ4v) is 17.6. The molecular weight excluding hydrogens is 1160 g/mol. The van der Waals surface area contributed by atoms with Gasteiger partial charge in [-0.15, -0.1) is 0 Å². The molecule has 446 valence electrons. The molecular formula is C94H60N2. The van der Waals surface area contributed by atoms with Gasteiger partial charge in [0.15, 0.2) is 0 Å². The molecule has 0 amide bonds. The minimum absolute atomic E-state index is 0.520. The van der Waals surface area contributed by atoms with Crippen LogP contribution in [0.2, 0.25) is 0 Å². The zero-order valence-corrected chi connectivity index (χ0v) is 52.5. The first-order valence-corrected chi connectivity index (χ1v) is 33.5. The highest BCUT2D eigenvalue weighted by atomic mass is 15.2. The van der Waals surface area contributed by atoms with Crippen LogP contribution in [-0.4, -0.2) is 0 Å². The summed E-state index contributed by atoms with van der Waals surface area (Å²) in [6, 6.07) is 136. The fraction of sp³-hybridized carbons (Fsp3) is 0.0213. The van der Waals surface area contributed by atoms with Crippen molar-refractivity contribution in [2.75, 3.05) is 9.80 Å². The molecule has 4 aliphatic rings. The molecule has 0 N–H and O–H groups in total. The van der Waals surface area contributed by atoms with E-state index < -0.39 is 10.8 Å². The molecule has 0 fully saturated rings. The van der Waals surface area contributed by atoms with Crippen molar-refractivity contribution in [3.05, 3.63) is 408 Å². The van der Waals surface area contributed by atoms with Crippen LogP contribution < -0.4 is 9.80 Å². The Hall–Kier alpha value is -12.4. The maximum absolute atomic E-state index is 2.55. The van der Waals surface area contributed by atoms with E-state index in [0.29, 0.717) is 0 Å². The normalized spacial score (nSPS) is 13.4. The molecule has 0 saturated carbocycles. The van der Waals surface area contributed by atoms with Crippen LogP contribution in [0.25, 0.3) is 99.4 Å². The summed E-state index contributed by atoms with van der Waals surface area (Å²) in [5.41, 5.74) is 33.6. The van der Waals surface area contributed by atoms with E-state index in [1.54, 1.807) is 0 Å². The van der Waals surface area contributed by atoms with E-state index in [-0.39, 0.29) is 0 Å². The SMILES string of the molecule is c1ccc(-c2ccc(N(c3ccc(-c4ccc(N(c5ccc(-c6ccccc6)cc5)c5cc6c(c7ccccc57)-c5ccccc5C65c6ccccc6-c6ccccc65)cc4)cc3)c3cc4c(c5ccccc35)-c3ccccc3C43c4ccccc4-c4ccccc43)cc2)cc1. The number of fused-ring (bicyclic) bond motifs is 24. The minimum atomic E-state index is -0.520. The van der Waals surface area contributed by atoms with E-state index in [0.717, 1.165) is 45.3 Å². The molecule has 0 aromatic heterocycles. The van der Waals surface area contributed by atoms with Crippen molar-refractivity contribution in [2.45, 2.75) is 10.8 Å². The van der Waals surface area contributed by atoms with E-state index >= 15 is 0 Å². The van der Waals surface area contributed by atoms with Crippen molar-refractivity contribution in [2.24, 2.45) is 0 Å². The highest BCUT2D eigenvalue weighted by molar-refractivity contribution is 6.14. The third-order valence-corrected chi connectivity index (χ3v) is 21.5. The second-order valence-electron chi connectivity index (χ2n) is 26.1. The van der Waals surface area contributed by atoms with Crippen LogP contribution in [-0.2, 0) is 10.8 Å². The van der Waals surface area contributed by atoms with Gasteiger partial charge in [-0.3, -0.25) is 0 Å². The number of rotatable bonds is 9. The lowest BCUT2D eigenvalue weighted by atomic mass is 9.70. The quantitative estimate of drug-likeness (QED) is 0.142. The van der Waals surface area contributed by atoms with Gasteiger partial charge in [-0.1, -0.05) is 303 Å². The smallest absolute Gasteiger partial charge is 0.0726 e. The summed E-state index contributed by atoms with van der Waals surface area (Å²) in [6.07, 6.45) is 0. The van der Waals surface area contributed by atoms with Crippen molar-refractivity contribution in [3.63, 3.8) is 0 Å². The van der Waals surface area contributed by atoms with Gasteiger partial charge in [0.25, 0.3) is 0 Å². The predicted octanol–water partition coefficient (Wildman–Crippen LogP) is 24.6. The van der Waals surface area contributed by atoms with Crippen molar-refractivity contribution in [1.82, 2.24) is 0 Å². The molecule has 96 heavy (non-hydrogen) atoms. The van der Waals surface area contributed by atoms with Crippen molar-refractivity contribution < 1.29 is 0 Å². The Kier molecular flexibility index (Phi) is 11.9. The third-order valence-electron chi connectivity index (χ3n) is 21.5. The lowest BCUT2D eigenvalue weighted by Crippen LogP contribution is -2.26. The van der Waals surface area contributed by atoms with E-state index in [4.69, 9.17) is 0 Å². The summed E-state index contributed by atoms with van der Waals surface area (Å²) in [5.74, 6) is 0. The van der Waals surface area contributed by atoms with Gasteiger partial charge in [-0.2, -0.15) is 0 Å². The Morgan fingerprint density at radius 1 is 0.167 bits per heavy atom. The molecule has 0 unspecified atom stereocenters. The summed E-state index contributed by atoms with van der Waals surface area (Å²) in [7, 11) is 0. The minimum Gasteiger partial charge on any atom is -0.310 e. The topological polar surface area (TPSA) is 6.48 Å². The second kappa shape index (κ2) is 21.1. The van der Waals surface area contributed by atoms with Gasteiger partial charge in [-0.05, 0) is 194 Å². The van der Waals surface area contributed by atoms with Gasteiger partial charge in [0.05, 0.1) is 22.2 Å². The van der Waals surface area contributed by atoms with Crippen LogP contribution in [0.5, 0.6) is 0 Å². The lowest BCUT2D eigenvalue weighted by Gasteiger charge is -2.33. The molecule has 0 radical (unpaired) electrons. The molecule has 0 atom stereocenters. The molecule has 16 aromatic rings. The third kappa shape index (κ3) is 7.64. The van der Waals surface area contributed by atoms with Gasteiger partial charge in [0.2, 0.25) is 0 Å². The van der Waals surface area contributed by atoms with Gasteiger partial charge >= 0.3 is 0 Å². The summed E-state index contributed by atoms with van der Waals surface area (Å²) in [5, 5.41) is 4.88. The first kappa shape index (κ1) is 54.2. The van der Waals surface area contributed by atoms with E-state index in [2.05, 4.69) is 374 Å². The first-order valence-electron chi connectivity index (χ1n) is 33.5. The maximum Gasteiger partial charge on any atom is 0.0726 e. The van der Waals surface area contributed by atoms with Crippen molar-refractivity contribution in [1.29, 1.82) is 0 Å². The fourth-order valence-electron chi connectivity index (χ4n) is 17.6. The van der Waals surface area contributed by atoms with Gasteiger partial charge in [0, 0.05) is 33.5 Å². The highest BCUT2D eigenvalue weighted by Gasteiger charge is 2.54. The average molecular weight is 1220 g/mol. The van der Waals surface area contributed by atoms with Crippen LogP contribution in [0.4, 0.5) is 34.1 Å². The van der Waals surface area contributed by atoms with E-state index in [9.17, 15) is 0 Å². The largest absolute Gasteiger partial charge is 0.310 e. The molecule has 2 nitrogen and oxygen atoms in total. The Labute approximate surface area is 559 Å². The van der Waals surface area contributed by atoms with Gasteiger partial charge in [0.1, 0.15) is 0 Å². The second-order valence-corrected chi connectivity index (χ2v) is 26.1. The van der Waals surface area contributed by atoms with Gasteiger partial charge < -0.3 is 9.80 Å². The standard InChI is InChI=1S/C94H60N2/c1-3-23-61(24-4-1)63-43-51-67(52-44-63)95(89-59-87-91(77-33-9-7-31-75(77)89)79-35-15-21-41-85(79)93(87)81-37-17-11-27-71(81)72-28-12-18-38-82(72)93)69-55-47-65(48-56-69)66-49-57-70(58-50-66)96(68-53-45-64(46-54-68)62-25-5-2-6-26-62)90-60-88-92(78-34-10-8-32-76(78)90)80-36-16-22-42-86(80)94(88)83-39-19-13-29-73(83)74-30-14-20-40-84(74)94/h1-60H. The molecule has 2 spiro atoms. The van der Waals surface area contributed by atoms with Crippen LogP contribution in [0.1, 0.15) is 44.5 Å². The Morgan fingerprint density at radius 3 is 0.677 bits per heavy atom. The summed E-state index contributed by atoms with van der Waals surface area (Å²) >= 11 is 0. The highest BCUT2D eigenvalue weighted by Crippen LogP contribution is 2.67. The van der Waals surface area contributed by atoms with E-state index in [1.165, 1.54) is 133 Å². The Balaban J connectivity index is 0.745. The van der Waals surface area contributed by atoms with Gasteiger partial charge in [-0.25, -0.2) is 0 Å². The van der Waals surface area contributed by atoms with Crippen molar-refractivity contribution >= 4 is 55.7 Å². The summed E-state index contributed by atoms with van der Waals surface area (Å²) in [4.78, 5) is 5.00. The molecule has 0 aliphatic heterocycles. The van der Waals surface area contributed by atoms with Crippen LogP contribution in [0.15, 0.2) is 364 Å².